The van der Waals surface area contributed by atoms with Gasteiger partial charge in [0.15, 0.2) is 5.65 Å². The van der Waals surface area contributed by atoms with Crippen molar-refractivity contribution in [3.05, 3.63) is 95.9 Å². The molecule has 2 aromatic heterocycles. The second kappa shape index (κ2) is 9.63. The third-order valence-electron chi connectivity index (χ3n) is 6.41. The fourth-order valence-electron chi connectivity index (χ4n) is 4.33. The molecule has 4 aromatic rings. The molecule has 1 aliphatic carbocycles. The summed E-state index contributed by atoms with van der Waals surface area (Å²) in [7, 11) is 0. The first kappa shape index (κ1) is 22.6. The first-order valence-corrected chi connectivity index (χ1v) is 12.2. The van der Waals surface area contributed by atoms with Gasteiger partial charge < -0.3 is 10.6 Å². The van der Waals surface area contributed by atoms with Crippen LogP contribution in [0.1, 0.15) is 42.1 Å². The molecule has 1 atom stereocenters. The van der Waals surface area contributed by atoms with Crippen molar-refractivity contribution >= 4 is 35.2 Å². The van der Waals surface area contributed by atoms with Crippen LogP contribution in [0.25, 0.3) is 5.65 Å². The number of hydrogen-bond acceptors (Lipinski definition) is 4. The molecular weight excluding hydrogens is 464 g/mol. The number of imidazole rings is 1. The van der Waals surface area contributed by atoms with Crippen molar-refractivity contribution in [1.29, 1.82) is 0 Å². The molecule has 3 amide bonds. The monoisotopic (exact) mass is 488 g/mol. The van der Waals surface area contributed by atoms with Crippen LogP contribution < -0.4 is 10.6 Å². The van der Waals surface area contributed by atoms with Gasteiger partial charge >= 0.3 is 6.03 Å². The third-order valence-corrected chi connectivity index (χ3v) is 6.41. The van der Waals surface area contributed by atoms with Crippen LogP contribution >= 0.6 is 0 Å². The van der Waals surface area contributed by atoms with Crippen molar-refractivity contribution in [1.82, 2.24) is 14.4 Å². The van der Waals surface area contributed by atoms with Crippen molar-refractivity contribution < 1.29 is 9.59 Å². The molecule has 1 saturated carbocycles. The molecule has 0 spiro atoms. The Morgan fingerprint density at radius 3 is 2.65 bits per heavy atom. The number of pyridine rings is 1. The van der Waals surface area contributed by atoms with E-state index in [1.54, 1.807) is 12.4 Å². The van der Waals surface area contributed by atoms with Crippen LogP contribution in [-0.2, 0) is 4.79 Å². The summed E-state index contributed by atoms with van der Waals surface area (Å²) in [5.74, 6) is 6.46. The molecule has 2 aliphatic rings. The SMILES string of the molecule is O=C(Nc1cccn2c(C#Cc3cccc(NC(=O)N4N=CCC4c4ccccc4)c3)cnc12)C1CC1. The van der Waals surface area contributed by atoms with Crippen molar-refractivity contribution in [2.24, 2.45) is 11.0 Å². The van der Waals surface area contributed by atoms with E-state index in [1.807, 2.05) is 77.3 Å². The van der Waals surface area contributed by atoms with E-state index in [0.29, 0.717) is 29.1 Å². The average Bonchev–Trinajstić information content (AvgIpc) is 3.51. The van der Waals surface area contributed by atoms with Crippen LogP contribution in [-0.4, -0.2) is 32.5 Å². The van der Waals surface area contributed by atoms with Gasteiger partial charge in [0, 0.05) is 36.0 Å². The van der Waals surface area contributed by atoms with E-state index < -0.39 is 0 Å². The first-order valence-electron chi connectivity index (χ1n) is 12.2. The number of aromatic nitrogens is 2. The fraction of sp³-hybridized carbons (Fsp3) is 0.172. The molecule has 182 valence electrons. The predicted molar refractivity (Wildman–Crippen MR) is 142 cm³/mol. The number of hydrogen-bond donors (Lipinski definition) is 2. The Bertz CT molecular complexity index is 1580. The van der Waals surface area contributed by atoms with Gasteiger partial charge in [-0.2, -0.15) is 5.10 Å². The molecule has 6 rings (SSSR count). The van der Waals surface area contributed by atoms with Crippen LogP contribution in [0.2, 0.25) is 0 Å². The molecule has 1 fully saturated rings. The summed E-state index contributed by atoms with van der Waals surface area (Å²) in [4.78, 5) is 29.6. The van der Waals surface area contributed by atoms with Crippen molar-refractivity contribution in [3.63, 3.8) is 0 Å². The number of carbonyl (C=O) groups is 2. The molecular formula is C29H24N6O2. The van der Waals surface area contributed by atoms with Gasteiger partial charge in [-0.05, 0) is 54.7 Å². The highest BCUT2D eigenvalue weighted by atomic mass is 16.2. The Morgan fingerprint density at radius 1 is 0.946 bits per heavy atom. The van der Waals surface area contributed by atoms with Crippen molar-refractivity contribution in [3.8, 4) is 11.8 Å². The van der Waals surface area contributed by atoms with Gasteiger partial charge in [0.25, 0.3) is 0 Å². The fourth-order valence-corrected chi connectivity index (χ4v) is 4.33. The highest BCUT2D eigenvalue weighted by molar-refractivity contribution is 5.97. The van der Waals surface area contributed by atoms with E-state index in [2.05, 4.69) is 32.6 Å². The number of fused-ring (bicyclic) bond motifs is 1. The number of rotatable bonds is 4. The first-order chi connectivity index (χ1) is 18.2. The zero-order valence-electron chi connectivity index (χ0n) is 20.0. The van der Waals surface area contributed by atoms with Crippen LogP contribution in [0.5, 0.6) is 0 Å². The molecule has 1 aliphatic heterocycles. The van der Waals surface area contributed by atoms with E-state index in [4.69, 9.17) is 0 Å². The summed E-state index contributed by atoms with van der Waals surface area (Å²) in [5, 5.41) is 11.7. The maximum atomic E-state index is 13.0. The van der Waals surface area contributed by atoms with E-state index in [-0.39, 0.29) is 23.9 Å². The highest BCUT2D eigenvalue weighted by Crippen LogP contribution is 2.31. The quantitative estimate of drug-likeness (QED) is 0.394. The summed E-state index contributed by atoms with van der Waals surface area (Å²) in [5.41, 5.74) is 4.45. The lowest BCUT2D eigenvalue weighted by Crippen LogP contribution is -2.31. The predicted octanol–water partition coefficient (Wildman–Crippen LogP) is 5.05. The zero-order valence-corrected chi connectivity index (χ0v) is 20.0. The van der Waals surface area contributed by atoms with Crippen molar-refractivity contribution in [2.45, 2.75) is 25.3 Å². The van der Waals surface area contributed by atoms with Gasteiger partial charge in [0.2, 0.25) is 5.91 Å². The highest BCUT2D eigenvalue weighted by Gasteiger charge is 2.30. The average molecular weight is 489 g/mol. The summed E-state index contributed by atoms with van der Waals surface area (Å²) in [6.07, 6.45) is 7.88. The Morgan fingerprint density at radius 2 is 1.81 bits per heavy atom. The molecule has 2 aromatic carbocycles. The standard InChI is InChI=1S/C29H24N6O2/c36-28(22-12-13-22)33-25-10-5-17-34-24(19-30-27(25)34)14-11-20-6-4-9-23(18-20)32-29(37)35-26(15-16-31-35)21-7-2-1-3-8-21/h1-10,16-19,22,26H,12-13,15H2,(H,32,37)(H,33,36). The summed E-state index contributed by atoms with van der Waals surface area (Å²) < 4.78 is 1.86. The molecule has 2 N–H and O–H groups in total. The molecule has 0 saturated heterocycles. The molecule has 0 radical (unpaired) electrons. The maximum absolute atomic E-state index is 13.0. The molecule has 37 heavy (non-hydrogen) atoms. The lowest BCUT2D eigenvalue weighted by molar-refractivity contribution is -0.117. The van der Waals surface area contributed by atoms with Gasteiger partial charge in [-0.25, -0.2) is 14.8 Å². The second-order valence-corrected chi connectivity index (χ2v) is 9.09. The zero-order chi connectivity index (χ0) is 25.2. The van der Waals surface area contributed by atoms with Crippen LogP contribution in [0, 0.1) is 17.8 Å². The van der Waals surface area contributed by atoms with Crippen LogP contribution in [0.15, 0.2) is 84.2 Å². The third kappa shape index (κ3) is 4.80. The largest absolute Gasteiger partial charge is 0.342 e. The number of hydrazone groups is 1. The van der Waals surface area contributed by atoms with E-state index >= 15 is 0 Å². The number of benzene rings is 2. The lowest BCUT2D eigenvalue weighted by atomic mass is 10.1. The molecule has 8 nitrogen and oxygen atoms in total. The Kier molecular flexibility index (Phi) is 5.87. The minimum absolute atomic E-state index is 0.0392. The number of amides is 3. The van der Waals surface area contributed by atoms with Crippen LogP contribution in [0.4, 0.5) is 16.2 Å². The van der Waals surface area contributed by atoms with Gasteiger partial charge in [0.05, 0.1) is 17.9 Å². The normalized spacial score (nSPS) is 16.3. The Balaban J connectivity index is 1.18. The summed E-state index contributed by atoms with van der Waals surface area (Å²) in [6.45, 7) is 0. The van der Waals surface area contributed by atoms with Gasteiger partial charge in [0.1, 0.15) is 5.69 Å². The van der Waals surface area contributed by atoms with E-state index in [1.165, 1.54) is 5.01 Å². The summed E-state index contributed by atoms with van der Waals surface area (Å²) in [6, 6.07) is 20.5. The van der Waals surface area contributed by atoms with Crippen molar-refractivity contribution in [2.75, 3.05) is 10.6 Å². The van der Waals surface area contributed by atoms with E-state index in [0.717, 1.165) is 24.0 Å². The number of nitrogens with one attached hydrogen (secondary N) is 2. The number of urea groups is 1. The minimum atomic E-state index is -0.296. The second-order valence-electron chi connectivity index (χ2n) is 9.09. The molecule has 0 bridgehead atoms. The number of nitrogens with zero attached hydrogens (tertiary/aromatic N) is 4. The molecule has 3 heterocycles. The number of carbonyl (C=O) groups excluding carboxylic acids is 2. The maximum Gasteiger partial charge on any atom is 0.342 e. The Labute approximate surface area is 214 Å². The number of anilines is 2. The Hall–Kier alpha value is -4.90. The van der Waals surface area contributed by atoms with E-state index in [9.17, 15) is 9.59 Å². The topological polar surface area (TPSA) is 91.1 Å². The minimum Gasteiger partial charge on any atom is -0.323 e. The lowest BCUT2D eigenvalue weighted by Gasteiger charge is -2.22. The van der Waals surface area contributed by atoms with Gasteiger partial charge in [-0.15, -0.1) is 0 Å². The van der Waals surface area contributed by atoms with Crippen LogP contribution in [0.3, 0.4) is 0 Å². The summed E-state index contributed by atoms with van der Waals surface area (Å²) >= 11 is 0. The molecule has 8 heteroatoms. The smallest absolute Gasteiger partial charge is 0.323 e. The molecule has 1 unspecified atom stereocenters. The van der Waals surface area contributed by atoms with Gasteiger partial charge in [-0.1, -0.05) is 42.3 Å². The van der Waals surface area contributed by atoms with Gasteiger partial charge in [-0.3, -0.25) is 9.20 Å².